The van der Waals surface area contributed by atoms with Crippen LogP contribution in [0.5, 0.6) is 5.75 Å². The lowest BCUT2D eigenvalue weighted by Crippen LogP contribution is -2.00. The molecule has 1 aromatic carbocycles. The van der Waals surface area contributed by atoms with Crippen molar-refractivity contribution in [3.63, 3.8) is 0 Å². The van der Waals surface area contributed by atoms with Crippen LogP contribution in [0.1, 0.15) is 31.4 Å². The highest BCUT2D eigenvalue weighted by Crippen LogP contribution is 2.23. The van der Waals surface area contributed by atoms with E-state index in [2.05, 4.69) is 0 Å². The first-order chi connectivity index (χ1) is 6.99. The van der Waals surface area contributed by atoms with E-state index in [0.717, 1.165) is 6.07 Å². The van der Waals surface area contributed by atoms with Crippen LogP contribution < -0.4 is 0 Å². The number of aliphatic hydroxyl groups is 1. The second kappa shape index (κ2) is 4.89. The predicted molar refractivity (Wildman–Crippen MR) is 55.7 cm³/mol. The normalized spacial score (nSPS) is 12.5. The third-order valence-electron chi connectivity index (χ3n) is 2.08. The fourth-order valence-corrected chi connectivity index (χ4v) is 1.31. The van der Waals surface area contributed by atoms with Gasteiger partial charge in [0.15, 0.2) is 0 Å². The summed E-state index contributed by atoms with van der Waals surface area (Å²) in [6, 6.07) is 3.49. The summed E-state index contributed by atoms with van der Waals surface area (Å²) in [5.74, 6) is -0.772. The van der Waals surface area contributed by atoms with E-state index < -0.39 is 11.9 Å². The number of phenols is 1. The van der Waals surface area contributed by atoms with Crippen LogP contribution in [-0.4, -0.2) is 15.9 Å². The maximum absolute atomic E-state index is 12.9. The van der Waals surface area contributed by atoms with Gasteiger partial charge in [-0.3, -0.25) is 0 Å². The Balaban J connectivity index is 2.72. The maximum Gasteiger partial charge on any atom is 0.127 e. The second-order valence-corrected chi connectivity index (χ2v) is 3.58. The first-order valence-corrected chi connectivity index (χ1v) is 4.70. The third kappa shape index (κ3) is 3.67. The van der Waals surface area contributed by atoms with Gasteiger partial charge in [0.1, 0.15) is 11.6 Å². The Labute approximate surface area is 87.7 Å². The van der Waals surface area contributed by atoms with Crippen LogP contribution in [0.15, 0.2) is 18.2 Å². The van der Waals surface area contributed by atoms with Crippen LogP contribution in [0.25, 0.3) is 0 Å². The summed E-state index contributed by atoms with van der Waals surface area (Å²) >= 11 is 0. The van der Waals surface area contributed by atoms with Gasteiger partial charge in [0, 0.05) is 11.8 Å². The van der Waals surface area contributed by atoms with Gasteiger partial charge in [0.25, 0.3) is 0 Å². The first-order valence-electron chi connectivity index (χ1n) is 4.70. The molecule has 0 aliphatic carbocycles. The molecule has 1 aromatic rings. The zero-order valence-corrected chi connectivity index (χ0v) is 8.50. The van der Waals surface area contributed by atoms with Gasteiger partial charge in [-0.05, 0) is 37.5 Å². The summed E-state index contributed by atoms with van der Waals surface area (Å²) < 4.78 is 12.9. The molecule has 0 radical (unpaired) electrons. The largest absolute Gasteiger partial charge is 0.508 e. The average Bonchev–Trinajstić information content (AvgIpc) is 2.12. The highest BCUT2D eigenvalue weighted by molar-refractivity contribution is 5.78. The molecule has 3 N–H and O–H groups in total. The Morgan fingerprint density at radius 3 is 2.67 bits per heavy atom. The van der Waals surface area contributed by atoms with Crippen molar-refractivity contribution in [1.82, 2.24) is 0 Å². The molecule has 0 spiro atoms. The number of aliphatic hydroxyl groups excluding tert-OH is 1. The topological polar surface area (TPSA) is 64.3 Å². The monoisotopic (exact) mass is 210 g/mol. The molecule has 0 unspecified atom stereocenters. The van der Waals surface area contributed by atoms with Crippen molar-refractivity contribution in [1.29, 1.82) is 5.41 Å². The fourth-order valence-electron chi connectivity index (χ4n) is 1.31. The highest BCUT2D eigenvalue weighted by Gasteiger charge is 2.10. The van der Waals surface area contributed by atoms with Gasteiger partial charge in [-0.15, -0.1) is 0 Å². The van der Waals surface area contributed by atoms with Crippen LogP contribution in [0, 0.1) is 11.2 Å². The molecule has 3 nitrogen and oxygen atoms in total. The van der Waals surface area contributed by atoms with Crippen LogP contribution in [0.2, 0.25) is 0 Å². The quantitative estimate of drug-likeness (QED) is 0.668. The Morgan fingerprint density at radius 2 is 2.13 bits per heavy atom. The maximum atomic E-state index is 12.9. The lowest BCUT2D eigenvalue weighted by atomic mass is 10.0. The van der Waals surface area contributed by atoms with Crippen molar-refractivity contribution >= 4 is 5.71 Å². The van der Waals surface area contributed by atoms with Crippen molar-refractivity contribution in [2.75, 3.05) is 0 Å². The fraction of sp³-hybridized carbons (Fsp3) is 0.364. The minimum Gasteiger partial charge on any atom is -0.508 e. The zero-order chi connectivity index (χ0) is 11.4. The minimum atomic E-state index is -0.841. The van der Waals surface area contributed by atoms with Crippen molar-refractivity contribution in [2.45, 2.75) is 25.9 Å². The summed E-state index contributed by atoms with van der Waals surface area (Å²) in [4.78, 5) is 0. The summed E-state index contributed by atoms with van der Waals surface area (Å²) in [5.41, 5.74) is 0.809. The van der Waals surface area contributed by atoms with E-state index in [-0.39, 0.29) is 5.75 Å². The van der Waals surface area contributed by atoms with Crippen LogP contribution in [0.4, 0.5) is 4.39 Å². The SMILES string of the molecule is CC(=N)CC[C@H](O)c1cc(O)cc([18F])c1. The molecule has 0 saturated heterocycles. The Morgan fingerprint density at radius 1 is 1.47 bits per heavy atom. The van der Waals surface area contributed by atoms with Gasteiger partial charge in [-0.25, -0.2) is 4.39 Å². The molecule has 0 amide bonds. The Bertz CT molecular complexity index is 345. The number of aromatic hydroxyl groups is 1. The highest BCUT2D eigenvalue weighted by atomic mass is 18.2. The minimum absolute atomic E-state index is 0.198. The molecule has 1 rings (SSSR count). The van der Waals surface area contributed by atoms with Crippen molar-refractivity contribution in [3.8, 4) is 5.75 Å². The van der Waals surface area contributed by atoms with E-state index in [9.17, 15) is 9.50 Å². The molecule has 1 atom stereocenters. The van der Waals surface area contributed by atoms with Crippen molar-refractivity contribution < 1.29 is 14.6 Å². The lowest BCUT2D eigenvalue weighted by Gasteiger charge is -2.10. The molecule has 0 aliphatic heterocycles. The first kappa shape index (κ1) is 11.7. The average molecular weight is 210 g/mol. The van der Waals surface area contributed by atoms with Gasteiger partial charge in [-0.2, -0.15) is 0 Å². The summed E-state index contributed by atoms with van der Waals surface area (Å²) in [6.07, 6.45) is -0.0247. The predicted octanol–water partition coefficient (Wildman–Crippen LogP) is 2.38. The van der Waals surface area contributed by atoms with Crippen LogP contribution in [0.3, 0.4) is 0 Å². The van der Waals surface area contributed by atoms with Gasteiger partial charge in [0.05, 0.1) is 6.10 Å². The van der Waals surface area contributed by atoms with E-state index in [4.69, 9.17) is 10.5 Å². The number of phenolic OH excluding ortho intramolecular Hbond substituents is 1. The van der Waals surface area contributed by atoms with E-state index in [1.165, 1.54) is 12.1 Å². The smallest absolute Gasteiger partial charge is 0.127 e. The van der Waals surface area contributed by atoms with Crippen molar-refractivity contribution in [3.05, 3.63) is 29.6 Å². The third-order valence-corrected chi connectivity index (χ3v) is 2.08. The van der Waals surface area contributed by atoms with Gasteiger partial charge >= 0.3 is 0 Å². The van der Waals surface area contributed by atoms with Gasteiger partial charge in [-0.1, -0.05) is 0 Å². The molecular formula is C11H14FNO2. The molecule has 4 heteroatoms. The second-order valence-electron chi connectivity index (χ2n) is 3.58. The van der Waals surface area contributed by atoms with E-state index in [1.807, 2.05) is 0 Å². The van der Waals surface area contributed by atoms with Gasteiger partial charge in [0.2, 0.25) is 0 Å². The summed E-state index contributed by atoms with van der Waals surface area (Å²) in [5, 5.41) is 26.0. The van der Waals surface area contributed by atoms with E-state index in [0.29, 0.717) is 24.1 Å². The van der Waals surface area contributed by atoms with Gasteiger partial charge < -0.3 is 15.6 Å². The molecule has 0 bridgehead atoms. The molecule has 0 aromatic heterocycles. The Hall–Kier alpha value is -1.42. The molecule has 82 valence electrons. The summed E-state index contributed by atoms with van der Waals surface area (Å²) in [6.45, 7) is 1.65. The molecule has 0 saturated carbocycles. The lowest BCUT2D eigenvalue weighted by molar-refractivity contribution is 0.169. The van der Waals surface area contributed by atoms with Crippen molar-refractivity contribution in [2.24, 2.45) is 0 Å². The number of nitrogens with one attached hydrogen (secondary N) is 1. The number of hydrogen-bond acceptors (Lipinski definition) is 3. The molecule has 0 heterocycles. The van der Waals surface area contributed by atoms with E-state index >= 15 is 0 Å². The summed E-state index contributed by atoms with van der Waals surface area (Å²) in [7, 11) is 0. The number of halogens is 1. The molecule has 0 fully saturated rings. The zero-order valence-electron chi connectivity index (χ0n) is 8.50. The number of hydrogen-bond donors (Lipinski definition) is 3. The standard InChI is InChI=1S/C11H14FNO2/c1-7(13)2-3-11(15)8-4-9(12)6-10(14)5-8/h4-6,11,13-15H,2-3H2,1H3/t11-/m0/s1/i12-1. The Kier molecular flexibility index (Phi) is 3.80. The van der Waals surface area contributed by atoms with Crippen LogP contribution in [-0.2, 0) is 0 Å². The molecule has 0 aliphatic rings. The van der Waals surface area contributed by atoms with E-state index in [1.54, 1.807) is 6.92 Å². The molecule has 15 heavy (non-hydrogen) atoms. The molecular weight excluding hydrogens is 196 g/mol. The number of benzene rings is 1. The number of rotatable bonds is 4. The van der Waals surface area contributed by atoms with Crippen LogP contribution >= 0.6 is 0 Å².